The van der Waals surface area contributed by atoms with Crippen LogP contribution in [-0.4, -0.2) is 34.9 Å². The van der Waals surface area contributed by atoms with Crippen molar-refractivity contribution < 1.29 is 4.79 Å². The SMILES string of the molecule is Cc1nc(CN2CCCC2)sc1C(=O)NC1CC1. The molecule has 1 aromatic heterocycles. The van der Waals surface area contributed by atoms with Gasteiger partial charge in [-0.05, 0) is 45.7 Å². The molecule has 1 amide bonds. The summed E-state index contributed by atoms with van der Waals surface area (Å²) in [5.41, 5.74) is 0.882. The summed E-state index contributed by atoms with van der Waals surface area (Å²) in [6, 6.07) is 0.418. The maximum atomic E-state index is 12.0. The fourth-order valence-corrected chi connectivity index (χ4v) is 3.35. The number of thiazole rings is 1. The first-order chi connectivity index (χ1) is 8.72. The smallest absolute Gasteiger partial charge is 0.263 e. The lowest BCUT2D eigenvalue weighted by Gasteiger charge is -2.11. The number of carbonyl (C=O) groups excluding carboxylic acids is 1. The largest absolute Gasteiger partial charge is 0.349 e. The number of rotatable bonds is 4. The number of amides is 1. The van der Waals surface area contributed by atoms with Gasteiger partial charge in [0.2, 0.25) is 0 Å². The molecule has 0 radical (unpaired) electrons. The zero-order valence-corrected chi connectivity index (χ0v) is 11.6. The van der Waals surface area contributed by atoms with E-state index in [0.29, 0.717) is 6.04 Å². The van der Waals surface area contributed by atoms with Gasteiger partial charge in [0.15, 0.2) is 0 Å². The molecule has 0 bridgehead atoms. The van der Waals surface area contributed by atoms with Crippen molar-refractivity contribution in [3.63, 3.8) is 0 Å². The molecule has 98 valence electrons. The van der Waals surface area contributed by atoms with Crippen molar-refractivity contribution >= 4 is 17.2 Å². The topological polar surface area (TPSA) is 45.2 Å². The Morgan fingerprint density at radius 1 is 1.44 bits per heavy atom. The quantitative estimate of drug-likeness (QED) is 0.905. The van der Waals surface area contributed by atoms with Crippen LogP contribution in [-0.2, 0) is 6.54 Å². The van der Waals surface area contributed by atoms with Gasteiger partial charge in [0.1, 0.15) is 9.88 Å². The minimum Gasteiger partial charge on any atom is -0.349 e. The molecule has 1 aliphatic carbocycles. The predicted molar refractivity (Wildman–Crippen MR) is 71.9 cm³/mol. The van der Waals surface area contributed by atoms with Gasteiger partial charge >= 0.3 is 0 Å². The van der Waals surface area contributed by atoms with Crippen LogP contribution in [0.3, 0.4) is 0 Å². The maximum Gasteiger partial charge on any atom is 0.263 e. The monoisotopic (exact) mass is 265 g/mol. The summed E-state index contributed by atoms with van der Waals surface area (Å²) in [6.07, 6.45) is 4.84. The summed E-state index contributed by atoms with van der Waals surface area (Å²) < 4.78 is 0. The standard InChI is InChI=1S/C13H19N3OS/c1-9-12(13(17)15-10-4-5-10)18-11(14-9)8-16-6-2-3-7-16/h10H,2-8H2,1H3,(H,15,17). The lowest BCUT2D eigenvalue weighted by Crippen LogP contribution is -2.25. The Hall–Kier alpha value is -0.940. The molecule has 0 spiro atoms. The maximum absolute atomic E-state index is 12.0. The Morgan fingerprint density at radius 3 is 2.83 bits per heavy atom. The van der Waals surface area contributed by atoms with Gasteiger partial charge in [-0.2, -0.15) is 0 Å². The second-order valence-electron chi connectivity index (χ2n) is 5.25. The summed E-state index contributed by atoms with van der Waals surface area (Å²) in [6.45, 7) is 5.18. The van der Waals surface area contributed by atoms with Crippen molar-refractivity contribution in [1.82, 2.24) is 15.2 Å². The van der Waals surface area contributed by atoms with Crippen LogP contribution in [0.1, 0.15) is 46.1 Å². The van der Waals surface area contributed by atoms with E-state index in [2.05, 4.69) is 15.2 Å². The molecule has 1 aromatic rings. The number of aryl methyl sites for hydroxylation is 1. The minimum absolute atomic E-state index is 0.0696. The molecule has 1 aliphatic heterocycles. The van der Waals surface area contributed by atoms with Crippen molar-refractivity contribution in [2.45, 2.75) is 45.2 Å². The first kappa shape index (κ1) is 12.1. The molecule has 18 heavy (non-hydrogen) atoms. The summed E-state index contributed by atoms with van der Waals surface area (Å²) in [7, 11) is 0. The first-order valence-electron chi connectivity index (χ1n) is 6.72. The van der Waals surface area contributed by atoms with E-state index in [1.807, 2.05) is 6.92 Å². The Labute approximate surface area is 111 Å². The highest BCUT2D eigenvalue weighted by atomic mass is 32.1. The molecule has 2 fully saturated rings. The average Bonchev–Trinajstić information content (AvgIpc) is 2.86. The van der Waals surface area contributed by atoms with Crippen LogP contribution >= 0.6 is 11.3 Å². The van der Waals surface area contributed by atoms with Crippen molar-refractivity contribution in [1.29, 1.82) is 0 Å². The Kier molecular flexibility index (Phi) is 3.35. The number of aromatic nitrogens is 1. The third-order valence-corrected chi connectivity index (χ3v) is 4.66. The Balaban J connectivity index is 1.66. The van der Waals surface area contributed by atoms with Gasteiger partial charge in [-0.15, -0.1) is 11.3 Å². The molecule has 5 heteroatoms. The summed E-state index contributed by atoms with van der Waals surface area (Å²) in [4.78, 5) is 19.8. The van der Waals surface area contributed by atoms with E-state index in [1.54, 1.807) is 11.3 Å². The highest BCUT2D eigenvalue weighted by Gasteiger charge is 2.26. The molecule has 0 unspecified atom stereocenters. The fourth-order valence-electron chi connectivity index (χ4n) is 2.34. The van der Waals surface area contributed by atoms with E-state index in [1.165, 1.54) is 25.9 Å². The van der Waals surface area contributed by atoms with Crippen molar-refractivity contribution in [3.8, 4) is 0 Å². The zero-order chi connectivity index (χ0) is 12.5. The fraction of sp³-hybridized carbons (Fsp3) is 0.692. The normalized spacial score (nSPS) is 20.3. The highest BCUT2D eigenvalue weighted by Crippen LogP contribution is 2.24. The second kappa shape index (κ2) is 4.97. The van der Waals surface area contributed by atoms with Crippen LogP contribution in [0.4, 0.5) is 0 Å². The Bertz CT molecular complexity index is 447. The molecule has 0 aromatic carbocycles. The van der Waals surface area contributed by atoms with Crippen LogP contribution in [0.2, 0.25) is 0 Å². The molecule has 1 saturated carbocycles. The van der Waals surface area contributed by atoms with E-state index in [0.717, 1.165) is 35.0 Å². The third-order valence-electron chi connectivity index (χ3n) is 3.52. The molecule has 1 N–H and O–H groups in total. The summed E-state index contributed by atoms with van der Waals surface area (Å²) in [5, 5.41) is 4.11. The lowest BCUT2D eigenvalue weighted by atomic mass is 10.3. The number of hydrogen-bond acceptors (Lipinski definition) is 4. The zero-order valence-electron chi connectivity index (χ0n) is 10.7. The van der Waals surface area contributed by atoms with Crippen LogP contribution in [0.5, 0.6) is 0 Å². The van der Waals surface area contributed by atoms with Crippen LogP contribution in [0.15, 0.2) is 0 Å². The van der Waals surface area contributed by atoms with Crippen molar-refractivity contribution in [2.75, 3.05) is 13.1 Å². The molecule has 2 heterocycles. The van der Waals surface area contributed by atoms with Crippen molar-refractivity contribution in [2.24, 2.45) is 0 Å². The van der Waals surface area contributed by atoms with Gasteiger partial charge in [-0.1, -0.05) is 0 Å². The minimum atomic E-state index is 0.0696. The summed E-state index contributed by atoms with van der Waals surface area (Å²) in [5.74, 6) is 0.0696. The van der Waals surface area contributed by atoms with Gasteiger partial charge in [-0.25, -0.2) is 4.98 Å². The van der Waals surface area contributed by atoms with Crippen LogP contribution < -0.4 is 5.32 Å². The van der Waals surface area contributed by atoms with Gasteiger partial charge in [0, 0.05) is 6.04 Å². The number of nitrogens with one attached hydrogen (secondary N) is 1. The number of nitrogens with zero attached hydrogens (tertiary/aromatic N) is 2. The molecular weight excluding hydrogens is 246 g/mol. The van der Waals surface area contributed by atoms with E-state index in [4.69, 9.17) is 0 Å². The van der Waals surface area contributed by atoms with Crippen molar-refractivity contribution in [3.05, 3.63) is 15.6 Å². The average molecular weight is 265 g/mol. The van der Waals surface area contributed by atoms with E-state index >= 15 is 0 Å². The number of likely N-dealkylation sites (tertiary alicyclic amines) is 1. The van der Waals surface area contributed by atoms with Crippen LogP contribution in [0.25, 0.3) is 0 Å². The van der Waals surface area contributed by atoms with Crippen LogP contribution in [0, 0.1) is 6.92 Å². The molecule has 0 atom stereocenters. The van der Waals surface area contributed by atoms with E-state index in [-0.39, 0.29) is 5.91 Å². The first-order valence-corrected chi connectivity index (χ1v) is 7.53. The highest BCUT2D eigenvalue weighted by molar-refractivity contribution is 7.13. The molecular formula is C13H19N3OS. The number of carbonyl (C=O) groups is 1. The third kappa shape index (κ3) is 2.72. The van der Waals surface area contributed by atoms with Gasteiger partial charge in [0.05, 0.1) is 12.2 Å². The molecule has 2 aliphatic rings. The van der Waals surface area contributed by atoms with Gasteiger partial charge in [0.25, 0.3) is 5.91 Å². The summed E-state index contributed by atoms with van der Waals surface area (Å²) >= 11 is 1.56. The Morgan fingerprint density at radius 2 is 2.17 bits per heavy atom. The molecule has 4 nitrogen and oxygen atoms in total. The predicted octanol–water partition coefficient (Wildman–Crippen LogP) is 1.94. The lowest BCUT2D eigenvalue weighted by molar-refractivity contribution is 0.0954. The van der Waals surface area contributed by atoms with E-state index in [9.17, 15) is 4.79 Å². The number of hydrogen-bond donors (Lipinski definition) is 1. The van der Waals surface area contributed by atoms with E-state index < -0.39 is 0 Å². The van der Waals surface area contributed by atoms with Gasteiger partial charge < -0.3 is 5.32 Å². The van der Waals surface area contributed by atoms with Gasteiger partial charge in [-0.3, -0.25) is 9.69 Å². The molecule has 1 saturated heterocycles. The second-order valence-corrected chi connectivity index (χ2v) is 6.34. The molecule has 3 rings (SSSR count).